The standard InChI is InChI=1S/C19H22N2O5/c1-2-25-19(22)14-6-5-11-20(12-14)13-15-9-10-18(26-15)16-7-3-4-8-17(16)21(23)24/h3-4,7-10,14H,2,5-6,11-13H2,1H3/t14-/m1/s1. The Hall–Kier alpha value is -2.67. The van der Waals surface area contributed by atoms with E-state index in [2.05, 4.69) is 4.90 Å². The fourth-order valence-corrected chi connectivity index (χ4v) is 3.32. The van der Waals surface area contributed by atoms with Gasteiger partial charge in [0, 0.05) is 12.6 Å². The van der Waals surface area contributed by atoms with Crippen LogP contribution >= 0.6 is 0 Å². The smallest absolute Gasteiger partial charge is 0.310 e. The zero-order valence-electron chi connectivity index (χ0n) is 14.7. The molecule has 2 aromatic rings. The molecule has 1 fully saturated rings. The third-order valence-electron chi connectivity index (χ3n) is 4.53. The lowest BCUT2D eigenvalue weighted by Crippen LogP contribution is -2.38. The third-order valence-corrected chi connectivity index (χ3v) is 4.53. The van der Waals surface area contributed by atoms with Crippen LogP contribution in [-0.2, 0) is 16.1 Å². The molecule has 26 heavy (non-hydrogen) atoms. The van der Waals surface area contributed by atoms with Crippen molar-refractivity contribution in [2.45, 2.75) is 26.3 Å². The van der Waals surface area contributed by atoms with Crippen LogP contribution in [-0.4, -0.2) is 35.5 Å². The highest BCUT2D eigenvalue weighted by Gasteiger charge is 2.27. The van der Waals surface area contributed by atoms with E-state index in [1.807, 2.05) is 13.0 Å². The zero-order valence-corrected chi connectivity index (χ0v) is 14.7. The lowest BCUT2D eigenvalue weighted by molar-refractivity contribution is -0.384. The van der Waals surface area contributed by atoms with Gasteiger partial charge in [0.15, 0.2) is 0 Å². The Balaban J connectivity index is 1.69. The van der Waals surface area contributed by atoms with Gasteiger partial charge in [0.05, 0.1) is 29.6 Å². The predicted octanol–water partition coefficient (Wildman–Crippen LogP) is 3.63. The first kappa shape index (κ1) is 18.1. The third kappa shape index (κ3) is 4.11. The number of para-hydroxylation sites is 1. The first-order chi connectivity index (χ1) is 12.6. The Morgan fingerprint density at radius 2 is 2.15 bits per heavy atom. The maximum absolute atomic E-state index is 12.0. The molecule has 1 saturated heterocycles. The largest absolute Gasteiger partial charge is 0.466 e. The first-order valence-electron chi connectivity index (χ1n) is 8.80. The fraction of sp³-hybridized carbons (Fsp3) is 0.421. The highest BCUT2D eigenvalue weighted by atomic mass is 16.6. The minimum Gasteiger partial charge on any atom is -0.466 e. The summed E-state index contributed by atoms with van der Waals surface area (Å²) in [5.74, 6) is 0.958. The van der Waals surface area contributed by atoms with Crippen molar-refractivity contribution in [2.24, 2.45) is 5.92 Å². The molecule has 0 saturated carbocycles. The number of esters is 1. The number of carbonyl (C=O) groups is 1. The Morgan fingerprint density at radius 1 is 1.35 bits per heavy atom. The van der Waals surface area contributed by atoms with Crippen LogP contribution in [0.25, 0.3) is 11.3 Å². The number of hydrogen-bond donors (Lipinski definition) is 0. The Bertz CT molecular complexity index is 786. The molecule has 3 rings (SSSR count). The quantitative estimate of drug-likeness (QED) is 0.445. The molecule has 0 unspecified atom stereocenters. The second kappa shape index (κ2) is 8.14. The van der Waals surface area contributed by atoms with Gasteiger partial charge in [-0.05, 0) is 44.5 Å². The van der Waals surface area contributed by atoms with Gasteiger partial charge >= 0.3 is 5.97 Å². The van der Waals surface area contributed by atoms with Crippen molar-refractivity contribution < 1.29 is 18.9 Å². The molecular formula is C19H22N2O5. The van der Waals surface area contributed by atoms with Gasteiger partial charge in [0.2, 0.25) is 0 Å². The maximum Gasteiger partial charge on any atom is 0.310 e. The van der Waals surface area contributed by atoms with Crippen LogP contribution in [0.5, 0.6) is 0 Å². The van der Waals surface area contributed by atoms with Gasteiger partial charge in [-0.15, -0.1) is 0 Å². The van der Waals surface area contributed by atoms with Crippen molar-refractivity contribution in [3.8, 4) is 11.3 Å². The van der Waals surface area contributed by atoms with Crippen LogP contribution in [0.3, 0.4) is 0 Å². The SMILES string of the molecule is CCOC(=O)[C@@H]1CCCN(Cc2ccc(-c3ccccc3[N+](=O)[O-])o2)C1. The highest BCUT2D eigenvalue weighted by Crippen LogP contribution is 2.31. The van der Waals surface area contributed by atoms with Crippen LogP contribution in [0.2, 0.25) is 0 Å². The monoisotopic (exact) mass is 358 g/mol. The molecule has 7 nitrogen and oxygen atoms in total. The number of furan rings is 1. The number of nitro groups is 1. The lowest BCUT2D eigenvalue weighted by atomic mass is 9.98. The molecule has 1 aliphatic rings. The van der Waals surface area contributed by atoms with E-state index in [1.165, 1.54) is 6.07 Å². The van der Waals surface area contributed by atoms with E-state index in [9.17, 15) is 14.9 Å². The minimum atomic E-state index is -0.411. The molecule has 1 aromatic heterocycles. The molecule has 0 radical (unpaired) electrons. The van der Waals surface area contributed by atoms with E-state index in [-0.39, 0.29) is 17.6 Å². The molecule has 0 aliphatic carbocycles. The van der Waals surface area contributed by atoms with Gasteiger partial charge in [-0.1, -0.05) is 12.1 Å². The average molecular weight is 358 g/mol. The van der Waals surface area contributed by atoms with Crippen molar-refractivity contribution in [3.63, 3.8) is 0 Å². The second-order valence-corrected chi connectivity index (χ2v) is 6.37. The van der Waals surface area contributed by atoms with Gasteiger partial charge in [-0.3, -0.25) is 19.8 Å². The molecule has 2 heterocycles. The van der Waals surface area contributed by atoms with Gasteiger partial charge in [-0.25, -0.2) is 0 Å². The molecule has 0 spiro atoms. The summed E-state index contributed by atoms with van der Waals surface area (Å²) in [7, 11) is 0. The fourth-order valence-electron chi connectivity index (χ4n) is 3.32. The number of nitro benzene ring substituents is 1. The predicted molar refractivity (Wildman–Crippen MR) is 95.4 cm³/mol. The Morgan fingerprint density at radius 3 is 2.92 bits per heavy atom. The van der Waals surface area contributed by atoms with Crippen LogP contribution < -0.4 is 0 Å². The van der Waals surface area contributed by atoms with Crippen LogP contribution in [0.4, 0.5) is 5.69 Å². The summed E-state index contributed by atoms with van der Waals surface area (Å²) in [4.78, 5) is 24.9. The molecule has 0 N–H and O–H groups in total. The average Bonchev–Trinajstić information content (AvgIpc) is 3.10. The van der Waals surface area contributed by atoms with Crippen molar-refractivity contribution >= 4 is 11.7 Å². The van der Waals surface area contributed by atoms with Gasteiger partial charge < -0.3 is 9.15 Å². The van der Waals surface area contributed by atoms with E-state index in [1.54, 1.807) is 24.3 Å². The summed E-state index contributed by atoms with van der Waals surface area (Å²) in [6.07, 6.45) is 1.77. The molecule has 7 heteroatoms. The van der Waals surface area contributed by atoms with Crippen molar-refractivity contribution in [2.75, 3.05) is 19.7 Å². The zero-order chi connectivity index (χ0) is 18.5. The van der Waals surface area contributed by atoms with Crippen molar-refractivity contribution in [3.05, 3.63) is 52.3 Å². The minimum absolute atomic E-state index is 0.0220. The van der Waals surface area contributed by atoms with Crippen LogP contribution in [0.1, 0.15) is 25.5 Å². The molecule has 0 bridgehead atoms. The molecule has 1 aliphatic heterocycles. The number of rotatable bonds is 6. The molecule has 1 aromatic carbocycles. The van der Waals surface area contributed by atoms with Crippen molar-refractivity contribution in [1.29, 1.82) is 0 Å². The summed E-state index contributed by atoms with van der Waals surface area (Å²) in [6.45, 7) is 4.30. The summed E-state index contributed by atoms with van der Waals surface area (Å²) < 4.78 is 11.0. The summed E-state index contributed by atoms with van der Waals surface area (Å²) in [5.41, 5.74) is 0.487. The van der Waals surface area contributed by atoms with Gasteiger partial charge in [-0.2, -0.15) is 0 Å². The number of ether oxygens (including phenoxy) is 1. The Labute approximate surface area is 151 Å². The van der Waals surface area contributed by atoms with Crippen LogP contribution in [0.15, 0.2) is 40.8 Å². The van der Waals surface area contributed by atoms with E-state index < -0.39 is 4.92 Å². The lowest BCUT2D eigenvalue weighted by Gasteiger charge is -2.30. The molecule has 138 valence electrons. The molecule has 1 atom stereocenters. The van der Waals surface area contributed by atoms with E-state index in [0.717, 1.165) is 25.1 Å². The normalized spacial score (nSPS) is 17.8. The number of piperidine rings is 1. The number of hydrogen-bond acceptors (Lipinski definition) is 6. The van der Waals surface area contributed by atoms with E-state index in [0.29, 0.717) is 31.0 Å². The summed E-state index contributed by atoms with van der Waals surface area (Å²) in [5, 5.41) is 11.2. The molecular weight excluding hydrogens is 336 g/mol. The Kier molecular flexibility index (Phi) is 5.68. The number of carbonyl (C=O) groups excluding carboxylic acids is 1. The summed E-state index contributed by atoms with van der Waals surface area (Å²) in [6, 6.07) is 10.1. The number of nitrogens with zero attached hydrogens (tertiary/aromatic N) is 2. The highest BCUT2D eigenvalue weighted by molar-refractivity contribution is 5.72. The van der Waals surface area contributed by atoms with E-state index in [4.69, 9.17) is 9.15 Å². The maximum atomic E-state index is 12.0. The van der Waals surface area contributed by atoms with Gasteiger partial charge in [0.1, 0.15) is 11.5 Å². The first-order valence-corrected chi connectivity index (χ1v) is 8.80. The number of benzene rings is 1. The van der Waals surface area contributed by atoms with E-state index >= 15 is 0 Å². The molecule has 0 amide bonds. The van der Waals surface area contributed by atoms with Crippen LogP contribution in [0, 0.1) is 16.0 Å². The summed E-state index contributed by atoms with van der Waals surface area (Å²) >= 11 is 0. The van der Waals surface area contributed by atoms with Gasteiger partial charge in [0.25, 0.3) is 5.69 Å². The second-order valence-electron chi connectivity index (χ2n) is 6.37. The van der Waals surface area contributed by atoms with Crippen molar-refractivity contribution in [1.82, 2.24) is 4.90 Å². The topological polar surface area (TPSA) is 85.8 Å². The number of likely N-dealkylation sites (tertiary alicyclic amines) is 1.